The van der Waals surface area contributed by atoms with Crippen LogP contribution < -0.4 is 0 Å². The van der Waals surface area contributed by atoms with Crippen molar-refractivity contribution in [2.24, 2.45) is 0 Å². The second kappa shape index (κ2) is 5.59. The third kappa shape index (κ3) is 3.64. The fourth-order valence-electron chi connectivity index (χ4n) is 1.15. The van der Waals surface area contributed by atoms with Crippen LogP contribution in [-0.4, -0.2) is 59.8 Å². The highest BCUT2D eigenvalue weighted by Crippen LogP contribution is 2.03. The molecule has 0 aliphatic heterocycles. The lowest BCUT2D eigenvalue weighted by Gasteiger charge is -2.38. The lowest BCUT2D eigenvalue weighted by Crippen LogP contribution is -2.55. The highest BCUT2D eigenvalue weighted by molar-refractivity contribution is 6.68. The second-order valence-corrected chi connectivity index (χ2v) is 10.2. The number of hydrogen-bond acceptors (Lipinski definition) is 3. The van der Waals surface area contributed by atoms with Gasteiger partial charge in [0.15, 0.2) is 0 Å². The summed E-state index contributed by atoms with van der Waals surface area (Å²) in [6, 6.07) is 0. The van der Waals surface area contributed by atoms with Gasteiger partial charge in [-0.05, 0) is 47.5 Å². The van der Waals surface area contributed by atoms with E-state index in [1.54, 1.807) is 0 Å². The highest BCUT2D eigenvalue weighted by atomic mass is 28.4. The molecule has 0 spiro atoms. The summed E-state index contributed by atoms with van der Waals surface area (Å²) in [5.41, 5.74) is 0. The average Bonchev–Trinajstić information content (AvgIpc) is 2.04. The Labute approximate surface area is 86.2 Å². The Hall–Kier alpha value is -0.106. The van der Waals surface area contributed by atoms with E-state index in [1.807, 2.05) is 6.20 Å². The van der Waals surface area contributed by atoms with E-state index < -0.39 is 18.2 Å². The fourth-order valence-corrected chi connectivity index (χ4v) is 6.93. The maximum absolute atomic E-state index is 3.91. The minimum absolute atomic E-state index is 0.936. The molecule has 0 heterocycles. The molecule has 0 radical (unpaired) electrons. The molecule has 5 heteroatoms. The quantitative estimate of drug-likeness (QED) is 0.612. The molecule has 0 aromatic carbocycles. The Morgan fingerprint density at radius 3 is 1.38 bits per heavy atom. The first-order valence-electron chi connectivity index (χ1n) is 4.64. The first kappa shape index (κ1) is 12.9. The van der Waals surface area contributed by atoms with E-state index >= 15 is 0 Å². The molecular weight excluding hydrogens is 194 g/mol. The molecule has 0 saturated carbocycles. The van der Waals surface area contributed by atoms with E-state index in [0.717, 1.165) is 0 Å². The van der Waals surface area contributed by atoms with Crippen molar-refractivity contribution in [1.82, 2.24) is 13.4 Å². The van der Waals surface area contributed by atoms with Crippen molar-refractivity contribution in [3.05, 3.63) is 12.8 Å². The Morgan fingerprint density at radius 1 is 0.923 bits per heavy atom. The van der Waals surface area contributed by atoms with Crippen LogP contribution in [0.5, 0.6) is 0 Å². The zero-order valence-corrected chi connectivity index (χ0v) is 12.1. The van der Waals surface area contributed by atoms with Crippen molar-refractivity contribution in [3.63, 3.8) is 0 Å². The molecule has 0 aromatic rings. The molecular formula is C8H23N3Si2. The lowest BCUT2D eigenvalue weighted by molar-refractivity contribution is 0.548. The van der Waals surface area contributed by atoms with E-state index in [4.69, 9.17) is 0 Å². The highest BCUT2D eigenvalue weighted by Gasteiger charge is 2.21. The summed E-state index contributed by atoms with van der Waals surface area (Å²) in [6.07, 6.45) is 2.02. The van der Waals surface area contributed by atoms with Crippen molar-refractivity contribution in [2.45, 2.75) is 13.1 Å². The molecule has 0 amide bonds. The summed E-state index contributed by atoms with van der Waals surface area (Å²) >= 11 is 0. The van der Waals surface area contributed by atoms with Gasteiger partial charge in [-0.15, -0.1) is 0 Å². The summed E-state index contributed by atoms with van der Waals surface area (Å²) in [5.74, 6) is 0. The standard InChI is InChI=1S/C8H23N3Si2/c1-8-11(12(6)9(2)3)13(7)10(4)5/h8,12-13H,1H2,2-7H3. The van der Waals surface area contributed by atoms with Gasteiger partial charge in [-0.2, -0.15) is 0 Å². The maximum atomic E-state index is 3.91. The van der Waals surface area contributed by atoms with Crippen molar-refractivity contribution in [2.75, 3.05) is 28.2 Å². The summed E-state index contributed by atoms with van der Waals surface area (Å²) < 4.78 is 7.18. The summed E-state index contributed by atoms with van der Waals surface area (Å²) in [7, 11) is 6.76. The van der Waals surface area contributed by atoms with Gasteiger partial charge < -0.3 is 13.4 Å². The average molecular weight is 217 g/mol. The number of nitrogens with zero attached hydrogens (tertiary/aromatic N) is 3. The third-order valence-corrected chi connectivity index (χ3v) is 10.3. The molecule has 0 saturated heterocycles. The van der Waals surface area contributed by atoms with Crippen LogP contribution >= 0.6 is 0 Å². The minimum Gasteiger partial charge on any atom is -0.412 e. The topological polar surface area (TPSA) is 9.72 Å². The van der Waals surface area contributed by atoms with Gasteiger partial charge in [0.05, 0.1) is 0 Å². The van der Waals surface area contributed by atoms with Gasteiger partial charge in [-0.25, -0.2) is 0 Å². The molecule has 0 aliphatic rings. The fraction of sp³-hybridized carbons (Fsp3) is 0.750. The van der Waals surface area contributed by atoms with Gasteiger partial charge >= 0.3 is 0 Å². The van der Waals surface area contributed by atoms with Crippen LogP contribution in [0.4, 0.5) is 0 Å². The maximum Gasteiger partial charge on any atom is 0.207 e. The molecule has 0 bridgehead atoms. The Balaban J connectivity index is 4.40. The number of rotatable bonds is 5. The Morgan fingerprint density at radius 2 is 1.23 bits per heavy atom. The predicted octanol–water partition coefficient (Wildman–Crippen LogP) is 0.256. The van der Waals surface area contributed by atoms with Crippen molar-refractivity contribution in [1.29, 1.82) is 0 Å². The molecule has 2 unspecified atom stereocenters. The predicted molar refractivity (Wildman–Crippen MR) is 65.4 cm³/mol. The molecule has 0 N–H and O–H groups in total. The van der Waals surface area contributed by atoms with Crippen molar-refractivity contribution >= 4 is 18.2 Å². The van der Waals surface area contributed by atoms with Crippen molar-refractivity contribution in [3.8, 4) is 0 Å². The molecule has 78 valence electrons. The minimum atomic E-state index is -0.936. The summed E-state index contributed by atoms with van der Waals surface area (Å²) in [5, 5.41) is 0. The van der Waals surface area contributed by atoms with Crippen LogP contribution in [0.3, 0.4) is 0 Å². The van der Waals surface area contributed by atoms with Crippen LogP contribution in [0, 0.1) is 0 Å². The monoisotopic (exact) mass is 217 g/mol. The van der Waals surface area contributed by atoms with E-state index in [-0.39, 0.29) is 0 Å². The summed E-state index contributed by atoms with van der Waals surface area (Å²) in [6.45, 7) is 8.59. The van der Waals surface area contributed by atoms with Gasteiger partial charge in [0.25, 0.3) is 0 Å². The molecule has 0 aromatic heterocycles. The number of hydrogen-bond donors (Lipinski definition) is 0. The van der Waals surface area contributed by atoms with Crippen LogP contribution in [0.25, 0.3) is 0 Å². The second-order valence-electron chi connectivity index (χ2n) is 3.82. The lowest BCUT2D eigenvalue weighted by atomic mass is 11.1. The first-order valence-corrected chi connectivity index (χ1v) is 9.02. The van der Waals surface area contributed by atoms with Crippen LogP contribution in [0.2, 0.25) is 13.1 Å². The smallest absolute Gasteiger partial charge is 0.207 e. The van der Waals surface area contributed by atoms with E-state index in [2.05, 4.69) is 61.2 Å². The molecule has 2 atom stereocenters. The van der Waals surface area contributed by atoms with E-state index in [1.165, 1.54) is 0 Å². The SMILES string of the molecule is C=CN([SiH](C)N(C)C)[SiH](C)N(C)C. The molecule has 13 heavy (non-hydrogen) atoms. The molecule has 0 fully saturated rings. The normalized spacial score (nSPS) is 16.0. The van der Waals surface area contributed by atoms with Crippen LogP contribution in [0.1, 0.15) is 0 Å². The van der Waals surface area contributed by atoms with Crippen LogP contribution in [0.15, 0.2) is 12.8 Å². The van der Waals surface area contributed by atoms with Gasteiger partial charge in [-0.1, -0.05) is 6.58 Å². The molecule has 3 nitrogen and oxygen atoms in total. The first-order chi connectivity index (χ1) is 5.91. The van der Waals surface area contributed by atoms with Crippen molar-refractivity contribution < 1.29 is 0 Å². The van der Waals surface area contributed by atoms with Gasteiger partial charge in [0, 0.05) is 0 Å². The third-order valence-electron chi connectivity index (χ3n) is 2.57. The van der Waals surface area contributed by atoms with Gasteiger partial charge in [0.1, 0.15) is 0 Å². The van der Waals surface area contributed by atoms with E-state index in [9.17, 15) is 0 Å². The Kier molecular flexibility index (Phi) is 5.54. The largest absolute Gasteiger partial charge is 0.412 e. The Bertz CT molecular complexity index is 147. The molecule has 0 rings (SSSR count). The zero-order valence-electron chi connectivity index (χ0n) is 9.78. The zero-order chi connectivity index (χ0) is 10.6. The van der Waals surface area contributed by atoms with E-state index in [0.29, 0.717) is 0 Å². The van der Waals surface area contributed by atoms with Crippen LogP contribution in [-0.2, 0) is 0 Å². The van der Waals surface area contributed by atoms with Gasteiger partial charge in [0.2, 0.25) is 18.2 Å². The summed E-state index contributed by atoms with van der Waals surface area (Å²) in [4.78, 5) is 0. The molecule has 0 aliphatic carbocycles. The van der Waals surface area contributed by atoms with Gasteiger partial charge in [-0.3, -0.25) is 0 Å².